The van der Waals surface area contributed by atoms with Crippen LogP contribution in [-0.4, -0.2) is 22.1 Å². The molecule has 1 N–H and O–H groups in total. The SMILES string of the molecule is CCCC(=O)NCc1nc2ccccc2n1CCCOc1cccc(C)c1. The molecule has 0 bridgehead atoms. The Morgan fingerprint density at radius 3 is 2.85 bits per heavy atom. The molecule has 0 aliphatic rings. The first-order chi connectivity index (χ1) is 13.2. The van der Waals surface area contributed by atoms with Crippen LogP contribution in [0.3, 0.4) is 0 Å². The molecule has 0 fully saturated rings. The number of aryl methyl sites for hydroxylation is 2. The maximum atomic E-state index is 11.8. The molecule has 0 aliphatic heterocycles. The zero-order chi connectivity index (χ0) is 19.1. The van der Waals surface area contributed by atoms with Crippen molar-refractivity contribution in [2.45, 2.75) is 46.2 Å². The molecule has 3 aromatic rings. The van der Waals surface area contributed by atoms with E-state index in [1.165, 1.54) is 5.56 Å². The van der Waals surface area contributed by atoms with Gasteiger partial charge >= 0.3 is 0 Å². The van der Waals surface area contributed by atoms with E-state index in [2.05, 4.69) is 28.9 Å². The van der Waals surface area contributed by atoms with Gasteiger partial charge in [-0.05, 0) is 49.6 Å². The monoisotopic (exact) mass is 365 g/mol. The van der Waals surface area contributed by atoms with Crippen molar-refractivity contribution in [3.8, 4) is 5.75 Å². The first-order valence-corrected chi connectivity index (χ1v) is 9.57. The lowest BCUT2D eigenvalue weighted by Crippen LogP contribution is -2.24. The van der Waals surface area contributed by atoms with E-state index < -0.39 is 0 Å². The highest BCUT2D eigenvalue weighted by molar-refractivity contribution is 5.77. The maximum Gasteiger partial charge on any atom is 0.220 e. The topological polar surface area (TPSA) is 56.2 Å². The molecule has 27 heavy (non-hydrogen) atoms. The highest BCUT2D eigenvalue weighted by Crippen LogP contribution is 2.17. The average Bonchev–Trinajstić information content (AvgIpc) is 3.01. The number of rotatable bonds is 9. The number of nitrogens with zero attached hydrogens (tertiary/aromatic N) is 2. The van der Waals surface area contributed by atoms with Gasteiger partial charge in [-0.1, -0.05) is 31.2 Å². The molecule has 1 heterocycles. The Kier molecular flexibility index (Phi) is 6.47. The molecular weight excluding hydrogens is 338 g/mol. The van der Waals surface area contributed by atoms with Gasteiger partial charge in [0.25, 0.3) is 0 Å². The highest BCUT2D eigenvalue weighted by Gasteiger charge is 2.11. The van der Waals surface area contributed by atoms with Crippen LogP contribution >= 0.6 is 0 Å². The zero-order valence-electron chi connectivity index (χ0n) is 16.1. The predicted molar refractivity (Wildman–Crippen MR) is 108 cm³/mol. The second-order valence-corrected chi connectivity index (χ2v) is 6.71. The standard InChI is InChI=1S/C22H27N3O2/c1-3-8-22(26)23-16-21-24-19-11-4-5-12-20(19)25(21)13-7-14-27-18-10-6-9-17(2)15-18/h4-6,9-12,15H,3,7-8,13-14,16H2,1-2H3,(H,23,26). The molecular formula is C22H27N3O2. The van der Waals surface area contributed by atoms with Crippen LogP contribution < -0.4 is 10.1 Å². The number of carbonyl (C=O) groups excluding carboxylic acids is 1. The third-order valence-electron chi connectivity index (χ3n) is 4.44. The summed E-state index contributed by atoms with van der Waals surface area (Å²) in [6.07, 6.45) is 2.26. The Morgan fingerprint density at radius 2 is 2.04 bits per heavy atom. The third-order valence-corrected chi connectivity index (χ3v) is 4.44. The third kappa shape index (κ3) is 5.09. The van der Waals surface area contributed by atoms with Crippen molar-refractivity contribution in [3.05, 3.63) is 59.9 Å². The number of amides is 1. The summed E-state index contributed by atoms with van der Waals surface area (Å²) in [5, 5.41) is 2.97. The van der Waals surface area contributed by atoms with Crippen LogP contribution in [0.25, 0.3) is 11.0 Å². The van der Waals surface area contributed by atoms with E-state index in [1.807, 2.05) is 43.3 Å². The molecule has 142 valence electrons. The van der Waals surface area contributed by atoms with Crippen molar-refractivity contribution in [1.82, 2.24) is 14.9 Å². The molecule has 1 amide bonds. The lowest BCUT2D eigenvalue weighted by atomic mass is 10.2. The number of benzene rings is 2. The lowest BCUT2D eigenvalue weighted by molar-refractivity contribution is -0.121. The van der Waals surface area contributed by atoms with Gasteiger partial charge in [-0.3, -0.25) is 4.79 Å². The van der Waals surface area contributed by atoms with Gasteiger partial charge in [-0.25, -0.2) is 4.98 Å². The number of aromatic nitrogens is 2. The van der Waals surface area contributed by atoms with Crippen molar-refractivity contribution < 1.29 is 9.53 Å². The van der Waals surface area contributed by atoms with E-state index in [9.17, 15) is 4.79 Å². The minimum atomic E-state index is 0.0684. The molecule has 0 saturated heterocycles. The predicted octanol–water partition coefficient (Wildman–Crippen LogP) is 4.23. The summed E-state index contributed by atoms with van der Waals surface area (Å²) in [5.41, 5.74) is 3.24. The second kappa shape index (κ2) is 9.21. The fraction of sp³-hybridized carbons (Fsp3) is 0.364. The molecule has 0 atom stereocenters. The van der Waals surface area contributed by atoms with Gasteiger partial charge in [0.2, 0.25) is 5.91 Å². The lowest BCUT2D eigenvalue weighted by Gasteiger charge is -2.11. The number of nitrogens with one attached hydrogen (secondary N) is 1. The molecule has 1 aromatic heterocycles. The number of fused-ring (bicyclic) bond motifs is 1. The summed E-state index contributed by atoms with van der Waals surface area (Å²) in [6, 6.07) is 16.2. The Labute approximate surface area is 160 Å². The van der Waals surface area contributed by atoms with Crippen molar-refractivity contribution in [1.29, 1.82) is 0 Å². The molecule has 2 aromatic carbocycles. The number of imidazole rings is 1. The Morgan fingerprint density at radius 1 is 1.19 bits per heavy atom. The van der Waals surface area contributed by atoms with Crippen molar-refractivity contribution in [3.63, 3.8) is 0 Å². The van der Waals surface area contributed by atoms with Gasteiger partial charge in [-0.15, -0.1) is 0 Å². The first kappa shape index (κ1) is 19.0. The summed E-state index contributed by atoms with van der Waals surface area (Å²) >= 11 is 0. The Balaban J connectivity index is 1.64. The van der Waals surface area contributed by atoms with Crippen LogP contribution in [0.1, 0.15) is 37.6 Å². The van der Waals surface area contributed by atoms with Crippen LogP contribution in [0, 0.1) is 6.92 Å². The van der Waals surface area contributed by atoms with E-state index in [4.69, 9.17) is 9.72 Å². The minimum absolute atomic E-state index is 0.0684. The number of para-hydroxylation sites is 2. The second-order valence-electron chi connectivity index (χ2n) is 6.71. The van der Waals surface area contributed by atoms with Gasteiger partial charge in [0.1, 0.15) is 11.6 Å². The van der Waals surface area contributed by atoms with Gasteiger partial charge in [0.15, 0.2) is 0 Å². The molecule has 5 nitrogen and oxygen atoms in total. The van der Waals surface area contributed by atoms with Crippen molar-refractivity contribution >= 4 is 16.9 Å². The fourth-order valence-electron chi connectivity index (χ4n) is 3.12. The molecule has 0 saturated carbocycles. The smallest absolute Gasteiger partial charge is 0.220 e. The highest BCUT2D eigenvalue weighted by atomic mass is 16.5. The Bertz CT molecular complexity index is 901. The summed E-state index contributed by atoms with van der Waals surface area (Å²) in [6.45, 7) is 5.95. The molecule has 0 unspecified atom stereocenters. The minimum Gasteiger partial charge on any atom is -0.494 e. The van der Waals surface area contributed by atoms with Crippen LogP contribution in [0.2, 0.25) is 0 Å². The average molecular weight is 365 g/mol. The van der Waals surface area contributed by atoms with E-state index in [-0.39, 0.29) is 5.91 Å². The fourth-order valence-corrected chi connectivity index (χ4v) is 3.12. The number of ether oxygens (including phenoxy) is 1. The summed E-state index contributed by atoms with van der Waals surface area (Å²) in [5.74, 6) is 1.85. The largest absolute Gasteiger partial charge is 0.494 e. The quantitative estimate of drug-likeness (QED) is 0.577. The van der Waals surface area contributed by atoms with Gasteiger partial charge in [0.05, 0.1) is 24.2 Å². The van der Waals surface area contributed by atoms with Crippen LogP contribution in [0.15, 0.2) is 48.5 Å². The molecule has 0 radical (unpaired) electrons. The summed E-state index contributed by atoms with van der Waals surface area (Å²) in [7, 11) is 0. The van der Waals surface area contributed by atoms with Crippen LogP contribution in [0.5, 0.6) is 5.75 Å². The normalized spacial score (nSPS) is 10.9. The Hall–Kier alpha value is -2.82. The summed E-state index contributed by atoms with van der Waals surface area (Å²) < 4.78 is 8.05. The number of hydrogen-bond donors (Lipinski definition) is 1. The first-order valence-electron chi connectivity index (χ1n) is 9.57. The van der Waals surface area contributed by atoms with E-state index >= 15 is 0 Å². The zero-order valence-corrected chi connectivity index (χ0v) is 16.1. The van der Waals surface area contributed by atoms with Gasteiger partial charge < -0.3 is 14.6 Å². The van der Waals surface area contributed by atoms with Crippen LogP contribution in [0.4, 0.5) is 0 Å². The van der Waals surface area contributed by atoms with Crippen LogP contribution in [-0.2, 0) is 17.9 Å². The van der Waals surface area contributed by atoms with E-state index in [0.717, 1.165) is 42.0 Å². The van der Waals surface area contributed by atoms with Gasteiger partial charge in [-0.2, -0.15) is 0 Å². The van der Waals surface area contributed by atoms with Gasteiger partial charge in [0, 0.05) is 13.0 Å². The maximum absolute atomic E-state index is 11.8. The molecule has 5 heteroatoms. The molecule has 0 aliphatic carbocycles. The molecule has 3 rings (SSSR count). The number of hydrogen-bond acceptors (Lipinski definition) is 3. The molecule has 0 spiro atoms. The van der Waals surface area contributed by atoms with E-state index in [0.29, 0.717) is 19.6 Å². The van der Waals surface area contributed by atoms with Crippen molar-refractivity contribution in [2.75, 3.05) is 6.61 Å². The van der Waals surface area contributed by atoms with Crippen molar-refractivity contribution in [2.24, 2.45) is 0 Å². The summed E-state index contributed by atoms with van der Waals surface area (Å²) in [4.78, 5) is 16.5. The van der Waals surface area contributed by atoms with E-state index in [1.54, 1.807) is 0 Å². The number of carbonyl (C=O) groups is 1.